The first-order valence-electron chi connectivity index (χ1n) is 6.72. The van der Waals surface area contributed by atoms with Crippen molar-refractivity contribution in [2.24, 2.45) is 5.84 Å². The Hall–Kier alpha value is -1.72. The van der Waals surface area contributed by atoms with Crippen LogP contribution in [0.15, 0.2) is 45.9 Å². The molecule has 0 aliphatic carbocycles. The Kier molecular flexibility index (Phi) is 4.75. The number of carbonyl (C=O) groups is 1. The van der Waals surface area contributed by atoms with Crippen LogP contribution in [-0.2, 0) is 11.2 Å². The number of hydrogen-bond acceptors (Lipinski definition) is 4. The standard InChI is InChI=1S/C16H20N2O2S/c1-16(2,3)11-4-6-12(7-5-11)21-10-14-13(8-9-20-14)15(19)18-17/h4-9H,10,17H2,1-3H3,(H,18,19). The van der Waals surface area contributed by atoms with Crippen LogP contribution in [0, 0.1) is 0 Å². The number of amides is 1. The maximum atomic E-state index is 11.6. The number of nitrogen functional groups attached to an aromatic ring is 1. The van der Waals surface area contributed by atoms with Gasteiger partial charge in [0.1, 0.15) is 5.76 Å². The molecule has 0 saturated heterocycles. The normalized spacial score (nSPS) is 11.4. The summed E-state index contributed by atoms with van der Waals surface area (Å²) in [5.41, 5.74) is 4.05. The van der Waals surface area contributed by atoms with Crippen molar-refractivity contribution in [3.63, 3.8) is 0 Å². The van der Waals surface area contributed by atoms with Crippen LogP contribution in [0.1, 0.15) is 42.5 Å². The van der Waals surface area contributed by atoms with Crippen molar-refractivity contribution in [2.75, 3.05) is 0 Å². The van der Waals surface area contributed by atoms with Crippen LogP contribution in [0.5, 0.6) is 0 Å². The maximum Gasteiger partial charge on any atom is 0.268 e. The molecular formula is C16H20N2O2S. The lowest BCUT2D eigenvalue weighted by Gasteiger charge is -2.19. The molecule has 1 heterocycles. The van der Waals surface area contributed by atoms with Gasteiger partial charge >= 0.3 is 0 Å². The van der Waals surface area contributed by atoms with Gasteiger partial charge < -0.3 is 4.42 Å². The molecule has 112 valence electrons. The minimum absolute atomic E-state index is 0.149. The molecule has 5 heteroatoms. The van der Waals surface area contributed by atoms with E-state index in [0.29, 0.717) is 17.1 Å². The molecule has 1 amide bonds. The van der Waals surface area contributed by atoms with Gasteiger partial charge in [0.15, 0.2) is 0 Å². The third-order valence-corrected chi connectivity index (χ3v) is 4.22. The van der Waals surface area contributed by atoms with Crippen LogP contribution in [0.3, 0.4) is 0 Å². The van der Waals surface area contributed by atoms with E-state index in [-0.39, 0.29) is 11.3 Å². The molecule has 4 nitrogen and oxygen atoms in total. The smallest absolute Gasteiger partial charge is 0.268 e. The summed E-state index contributed by atoms with van der Waals surface area (Å²) in [5, 5.41) is 0. The van der Waals surface area contributed by atoms with Crippen LogP contribution in [0.25, 0.3) is 0 Å². The fourth-order valence-electron chi connectivity index (χ4n) is 1.93. The van der Waals surface area contributed by atoms with Crippen molar-refractivity contribution in [3.8, 4) is 0 Å². The summed E-state index contributed by atoms with van der Waals surface area (Å²) in [6.45, 7) is 6.57. The van der Waals surface area contributed by atoms with Gasteiger partial charge in [0.05, 0.1) is 17.6 Å². The van der Waals surface area contributed by atoms with Crippen molar-refractivity contribution >= 4 is 17.7 Å². The highest BCUT2D eigenvalue weighted by atomic mass is 32.2. The Morgan fingerprint density at radius 1 is 1.24 bits per heavy atom. The minimum atomic E-state index is -0.331. The van der Waals surface area contributed by atoms with Crippen molar-refractivity contribution in [3.05, 3.63) is 53.5 Å². The van der Waals surface area contributed by atoms with Crippen molar-refractivity contribution < 1.29 is 9.21 Å². The molecule has 21 heavy (non-hydrogen) atoms. The van der Waals surface area contributed by atoms with Crippen molar-refractivity contribution in [1.29, 1.82) is 0 Å². The molecule has 0 fully saturated rings. The Morgan fingerprint density at radius 3 is 2.48 bits per heavy atom. The van der Waals surface area contributed by atoms with E-state index in [2.05, 4.69) is 50.5 Å². The summed E-state index contributed by atoms with van der Waals surface area (Å²) in [6.07, 6.45) is 1.50. The summed E-state index contributed by atoms with van der Waals surface area (Å²) in [5.74, 6) is 6.03. The molecule has 2 rings (SSSR count). The van der Waals surface area contributed by atoms with Gasteiger partial charge in [-0.05, 0) is 29.2 Å². The van der Waals surface area contributed by atoms with E-state index in [1.165, 1.54) is 11.8 Å². The number of nitrogens with one attached hydrogen (secondary N) is 1. The highest BCUT2D eigenvalue weighted by Crippen LogP contribution is 2.28. The number of hydrogen-bond donors (Lipinski definition) is 2. The Balaban J connectivity index is 2.04. The Labute approximate surface area is 129 Å². The summed E-state index contributed by atoms with van der Waals surface area (Å²) in [7, 11) is 0. The van der Waals surface area contributed by atoms with Crippen LogP contribution < -0.4 is 11.3 Å². The molecule has 1 aromatic heterocycles. The predicted molar refractivity (Wildman–Crippen MR) is 85.1 cm³/mol. The van der Waals surface area contributed by atoms with Crippen LogP contribution in [0.2, 0.25) is 0 Å². The highest BCUT2D eigenvalue weighted by molar-refractivity contribution is 7.98. The number of nitrogens with two attached hydrogens (primary N) is 1. The highest BCUT2D eigenvalue weighted by Gasteiger charge is 2.15. The molecule has 0 aliphatic heterocycles. The van der Waals surface area contributed by atoms with Gasteiger partial charge in [-0.2, -0.15) is 0 Å². The van der Waals surface area contributed by atoms with Gasteiger partial charge in [0.2, 0.25) is 0 Å². The predicted octanol–water partition coefficient (Wildman–Crippen LogP) is 3.47. The molecular weight excluding hydrogens is 284 g/mol. The number of thioether (sulfide) groups is 1. The summed E-state index contributed by atoms with van der Waals surface area (Å²) in [4.78, 5) is 12.7. The molecule has 3 N–H and O–H groups in total. The number of carbonyl (C=O) groups excluding carboxylic acids is 1. The largest absolute Gasteiger partial charge is 0.468 e. The SMILES string of the molecule is CC(C)(C)c1ccc(SCc2occc2C(=O)NN)cc1. The van der Waals surface area contributed by atoms with Gasteiger partial charge in [-0.15, -0.1) is 11.8 Å². The van der Waals surface area contributed by atoms with E-state index in [1.807, 2.05) is 0 Å². The average Bonchev–Trinajstić information content (AvgIpc) is 2.92. The second-order valence-electron chi connectivity index (χ2n) is 5.79. The zero-order valence-corrected chi connectivity index (χ0v) is 13.3. The molecule has 0 radical (unpaired) electrons. The first-order valence-corrected chi connectivity index (χ1v) is 7.71. The zero-order chi connectivity index (χ0) is 15.5. The fraction of sp³-hybridized carbons (Fsp3) is 0.312. The summed E-state index contributed by atoms with van der Waals surface area (Å²) >= 11 is 1.62. The first-order chi connectivity index (χ1) is 9.91. The number of rotatable bonds is 4. The maximum absolute atomic E-state index is 11.6. The van der Waals surface area contributed by atoms with E-state index in [4.69, 9.17) is 10.3 Å². The summed E-state index contributed by atoms with van der Waals surface area (Å²) in [6, 6.07) is 10.1. The van der Waals surface area contributed by atoms with Crippen molar-refractivity contribution in [2.45, 2.75) is 36.8 Å². The number of benzene rings is 1. The molecule has 2 aromatic rings. The number of furan rings is 1. The number of hydrazine groups is 1. The molecule has 0 spiro atoms. The lowest BCUT2D eigenvalue weighted by Crippen LogP contribution is -2.30. The topological polar surface area (TPSA) is 68.3 Å². The lowest BCUT2D eigenvalue weighted by atomic mass is 9.87. The first kappa shape index (κ1) is 15.7. The Bertz CT molecular complexity index is 612. The molecule has 0 saturated carbocycles. The van der Waals surface area contributed by atoms with E-state index in [0.717, 1.165) is 4.90 Å². The van der Waals surface area contributed by atoms with Gasteiger partial charge in [0, 0.05) is 4.90 Å². The monoisotopic (exact) mass is 304 g/mol. The molecule has 1 aromatic carbocycles. The molecule has 0 atom stereocenters. The average molecular weight is 304 g/mol. The lowest BCUT2D eigenvalue weighted by molar-refractivity contribution is 0.0952. The van der Waals surface area contributed by atoms with Gasteiger partial charge in [-0.3, -0.25) is 10.2 Å². The van der Waals surface area contributed by atoms with Gasteiger partial charge in [0.25, 0.3) is 5.91 Å². The molecule has 0 unspecified atom stereocenters. The fourth-order valence-corrected chi connectivity index (χ4v) is 2.78. The second-order valence-corrected chi connectivity index (χ2v) is 6.84. The van der Waals surface area contributed by atoms with Crippen molar-refractivity contribution in [1.82, 2.24) is 5.43 Å². The van der Waals surface area contributed by atoms with Gasteiger partial charge in [-0.25, -0.2) is 5.84 Å². The Morgan fingerprint density at radius 2 is 1.90 bits per heavy atom. The van der Waals surface area contributed by atoms with Crippen LogP contribution >= 0.6 is 11.8 Å². The van der Waals surface area contributed by atoms with Crippen LogP contribution in [0.4, 0.5) is 0 Å². The van der Waals surface area contributed by atoms with E-state index < -0.39 is 0 Å². The van der Waals surface area contributed by atoms with E-state index in [1.54, 1.807) is 17.8 Å². The van der Waals surface area contributed by atoms with E-state index in [9.17, 15) is 4.79 Å². The zero-order valence-electron chi connectivity index (χ0n) is 12.5. The van der Waals surface area contributed by atoms with Crippen LogP contribution in [-0.4, -0.2) is 5.91 Å². The third kappa shape index (κ3) is 3.89. The second kappa shape index (κ2) is 6.37. The quantitative estimate of drug-likeness (QED) is 0.393. The third-order valence-electron chi connectivity index (χ3n) is 3.21. The van der Waals surface area contributed by atoms with Gasteiger partial charge in [-0.1, -0.05) is 32.9 Å². The minimum Gasteiger partial charge on any atom is -0.468 e. The summed E-state index contributed by atoms with van der Waals surface area (Å²) < 4.78 is 5.35. The molecule has 0 bridgehead atoms. The molecule has 0 aliphatic rings. The van der Waals surface area contributed by atoms with E-state index >= 15 is 0 Å².